The molecule has 2 aromatic rings. The van der Waals surface area contributed by atoms with Crippen molar-refractivity contribution in [1.82, 2.24) is 0 Å². The maximum atomic E-state index is 14.7. The van der Waals surface area contributed by atoms with Crippen molar-refractivity contribution in [2.75, 3.05) is 6.61 Å². The van der Waals surface area contributed by atoms with Crippen molar-refractivity contribution in [2.24, 2.45) is 5.92 Å². The molecule has 5 heteroatoms. The monoisotopic (exact) mass is 380 g/mol. The van der Waals surface area contributed by atoms with Gasteiger partial charge in [-0.2, -0.15) is 0 Å². The van der Waals surface area contributed by atoms with Crippen LogP contribution in [0.1, 0.15) is 49.4 Å². The third-order valence-corrected chi connectivity index (χ3v) is 5.00. The number of aryl methyl sites for hydroxylation is 2. The lowest BCUT2D eigenvalue weighted by Crippen LogP contribution is -2.14. The highest BCUT2D eigenvalue weighted by atomic mass is 19.2. The minimum absolute atomic E-state index is 0.0745. The Morgan fingerprint density at radius 1 is 0.889 bits per heavy atom. The molecule has 146 valence electrons. The number of benzene rings is 2. The first-order valence-electron chi connectivity index (χ1n) is 9.29. The Labute approximate surface area is 157 Å². The molecule has 0 aromatic heterocycles. The van der Waals surface area contributed by atoms with E-state index in [0.29, 0.717) is 36.5 Å². The largest absolute Gasteiger partial charge is 0.378 e. The second-order valence-electron chi connectivity index (χ2n) is 7.81. The Balaban J connectivity index is 1.88. The van der Waals surface area contributed by atoms with E-state index >= 15 is 0 Å². The summed E-state index contributed by atoms with van der Waals surface area (Å²) < 4.78 is 63.3. The van der Waals surface area contributed by atoms with Crippen molar-refractivity contribution in [2.45, 2.75) is 53.1 Å². The van der Waals surface area contributed by atoms with Crippen LogP contribution in [-0.4, -0.2) is 12.7 Å². The summed E-state index contributed by atoms with van der Waals surface area (Å²) in [6, 6.07) is 3.09. The van der Waals surface area contributed by atoms with E-state index in [2.05, 4.69) is 0 Å². The second-order valence-corrected chi connectivity index (χ2v) is 7.81. The number of ether oxygens (including phenoxy) is 1. The number of fused-ring (bicyclic) bond motifs is 3. The van der Waals surface area contributed by atoms with Gasteiger partial charge < -0.3 is 4.74 Å². The molecule has 1 atom stereocenters. The third kappa shape index (κ3) is 3.75. The van der Waals surface area contributed by atoms with E-state index < -0.39 is 23.3 Å². The first kappa shape index (κ1) is 19.9. The van der Waals surface area contributed by atoms with E-state index in [1.165, 1.54) is 13.0 Å². The number of hydrogen-bond donors (Lipinski definition) is 0. The SMILES string of the molecule is Cc1cc2c(c(F)c1F)-c1c(cc(CCC(C)OCC(C)C)c(F)c1F)C2. The van der Waals surface area contributed by atoms with Gasteiger partial charge in [0.15, 0.2) is 23.3 Å². The maximum absolute atomic E-state index is 14.7. The molecule has 0 amide bonds. The summed E-state index contributed by atoms with van der Waals surface area (Å²) >= 11 is 0. The highest BCUT2D eigenvalue weighted by Gasteiger charge is 2.31. The number of hydrogen-bond acceptors (Lipinski definition) is 1. The minimum atomic E-state index is -1.11. The highest BCUT2D eigenvalue weighted by Crippen LogP contribution is 2.43. The summed E-state index contributed by atoms with van der Waals surface area (Å²) in [6.45, 7) is 8.07. The summed E-state index contributed by atoms with van der Waals surface area (Å²) in [5.41, 5.74) is 1.11. The molecule has 0 N–H and O–H groups in total. The average Bonchev–Trinajstić information content (AvgIpc) is 2.97. The van der Waals surface area contributed by atoms with Gasteiger partial charge in [-0.25, -0.2) is 17.6 Å². The first-order chi connectivity index (χ1) is 12.7. The van der Waals surface area contributed by atoms with E-state index in [4.69, 9.17) is 4.74 Å². The molecule has 27 heavy (non-hydrogen) atoms. The van der Waals surface area contributed by atoms with Crippen LogP contribution in [0.5, 0.6) is 0 Å². The van der Waals surface area contributed by atoms with E-state index in [9.17, 15) is 17.6 Å². The fraction of sp³-hybridized carbons (Fsp3) is 0.455. The Hall–Kier alpha value is -1.88. The number of halogens is 4. The summed E-state index contributed by atoms with van der Waals surface area (Å²) in [4.78, 5) is 0. The van der Waals surface area contributed by atoms with E-state index in [0.717, 1.165) is 0 Å². The molecule has 1 unspecified atom stereocenters. The Morgan fingerprint density at radius 3 is 2.11 bits per heavy atom. The molecule has 1 aliphatic carbocycles. The number of rotatable bonds is 6. The lowest BCUT2D eigenvalue weighted by Gasteiger charge is -2.16. The fourth-order valence-corrected chi connectivity index (χ4v) is 3.56. The Kier molecular flexibility index (Phi) is 5.61. The van der Waals surface area contributed by atoms with Gasteiger partial charge in [0, 0.05) is 17.7 Å². The van der Waals surface area contributed by atoms with Gasteiger partial charge in [-0.3, -0.25) is 0 Å². The summed E-state index contributed by atoms with van der Waals surface area (Å²) in [5, 5.41) is 0. The van der Waals surface area contributed by atoms with Gasteiger partial charge in [0.1, 0.15) is 0 Å². The molecule has 0 radical (unpaired) electrons. The molecule has 1 aliphatic rings. The molecule has 3 rings (SSSR count). The molecule has 0 saturated carbocycles. The quantitative estimate of drug-likeness (QED) is 0.468. The first-order valence-corrected chi connectivity index (χ1v) is 9.29. The highest BCUT2D eigenvalue weighted by molar-refractivity contribution is 5.78. The van der Waals surface area contributed by atoms with E-state index in [1.54, 1.807) is 6.07 Å². The van der Waals surface area contributed by atoms with Crippen LogP contribution in [0.4, 0.5) is 17.6 Å². The van der Waals surface area contributed by atoms with Crippen molar-refractivity contribution in [1.29, 1.82) is 0 Å². The molecule has 0 heterocycles. The second kappa shape index (κ2) is 7.63. The molecule has 2 aromatic carbocycles. The van der Waals surface area contributed by atoms with Crippen LogP contribution in [0.3, 0.4) is 0 Å². The van der Waals surface area contributed by atoms with Crippen LogP contribution in [-0.2, 0) is 17.6 Å². The minimum Gasteiger partial charge on any atom is -0.378 e. The Bertz CT molecular complexity index is 874. The summed E-state index contributed by atoms with van der Waals surface area (Å²) in [7, 11) is 0. The smallest absolute Gasteiger partial charge is 0.167 e. The topological polar surface area (TPSA) is 9.23 Å². The van der Waals surface area contributed by atoms with Crippen molar-refractivity contribution >= 4 is 0 Å². The zero-order valence-electron chi connectivity index (χ0n) is 16.1. The molecular formula is C22H24F4O. The predicted octanol–water partition coefficient (Wildman–Crippen LogP) is 6.12. The molecule has 1 nitrogen and oxygen atoms in total. The van der Waals surface area contributed by atoms with Gasteiger partial charge in [-0.1, -0.05) is 26.0 Å². The van der Waals surface area contributed by atoms with Gasteiger partial charge in [0.25, 0.3) is 0 Å². The standard InChI is InChI=1S/C22H24F4O/c1-11(2)10-27-13(4)5-6-14-8-16-9-15-7-12(3)19(23)21(25)17(15)18(16)22(26)20(14)24/h7-8,11,13H,5-6,9-10H2,1-4H3. The summed E-state index contributed by atoms with van der Waals surface area (Å²) in [5.74, 6) is -3.80. The molecule has 0 saturated heterocycles. The van der Waals surface area contributed by atoms with Crippen molar-refractivity contribution in [3.63, 3.8) is 0 Å². The van der Waals surface area contributed by atoms with Crippen molar-refractivity contribution < 1.29 is 22.3 Å². The zero-order valence-corrected chi connectivity index (χ0v) is 16.1. The third-order valence-electron chi connectivity index (χ3n) is 5.00. The maximum Gasteiger partial charge on any atom is 0.167 e. The lowest BCUT2D eigenvalue weighted by molar-refractivity contribution is 0.0426. The molecule has 0 spiro atoms. The van der Waals surface area contributed by atoms with Crippen LogP contribution in [0.2, 0.25) is 0 Å². The molecule has 0 aliphatic heterocycles. The van der Waals surface area contributed by atoms with E-state index in [1.807, 2.05) is 20.8 Å². The van der Waals surface area contributed by atoms with Crippen molar-refractivity contribution in [3.05, 3.63) is 57.7 Å². The van der Waals surface area contributed by atoms with Gasteiger partial charge in [-0.15, -0.1) is 0 Å². The summed E-state index contributed by atoms with van der Waals surface area (Å²) in [6.07, 6.45) is 1.07. The van der Waals surface area contributed by atoms with Gasteiger partial charge >= 0.3 is 0 Å². The van der Waals surface area contributed by atoms with Gasteiger partial charge in [0.2, 0.25) is 0 Å². The molecule has 0 fully saturated rings. The van der Waals surface area contributed by atoms with Gasteiger partial charge in [0.05, 0.1) is 6.10 Å². The van der Waals surface area contributed by atoms with Crippen LogP contribution < -0.4 is 0 Å². The fourth-order valence-electron chi connectivity index (χ4n) is 3.56. The van der Waals surface area contributed by atoms with Crippen LogP contribution in [0.15, 0.2) is 12.1 Å². The predicted molar refractivity (Wildman–Crippen MR) is 97.8 cm³/mol. The van der Waals surface area contributed by atoms with Crippen LogP contribution in [0.25, 0.3) is 11.1 Å². The zero-order chi connectivity index (χ0) is 19.9. The van der Waals surface area contributed by atoms with Crippen LogP contribution in [0, 0.1) is 36.1 Å². The van der Waals surface area contributed by atoms with Crippen molar-refractivity contribution in [3.8, 4) is 11.1 Å². The van der Waals surface area contributed by atoms with Gasteiger partial charge in [-0.05, 0) is 61.3 Å². The normalized spacial score (nSPS) is 13.8. The molecular weight excluding hydrogens is 356 g/mol. The van der Waals surface area contributed by atoms with Crippen LogP contribution >= 0.6 is 0 Å². The molecule has 0 bridgehead atoms. The average molecular weight is 380 g/mol. The lowest BCUT2D eigenvalue weighted by atomic mass is 9.98. The van der Waals surface area contributed by atoms with E-state index in [-0.39, 0.29) is 34.8 Å². The Morgan fingerprint density at radius 2 is 1.48 bits per heavy atom.